The van der Waals surface area contributed by atoms with E-state index in [0.29, 0.717) is 19.0 Å². The highest BCUT2D eigenvalue weighted by atomic mass is 16.3. The Morgan fingerprint density at radius 1 is 1.45 bits per heavy atom. The number of carbonyl (C=O) groups is 1. The van der Waals surface area contributed by atoms with Crippen molar-refractivity contribution in [2.45, 2.75) is 32.3 Å². The summed E-state index contributed by atoms with van der Waals surface area (Å²) in [6.45, 7) is 2.94. The SMILES string of the molecule is CCc1ccccc1NC(=O)CN(C)CC(O)C1CC1. The summed E-state index contributed by atoms with van der Waals surface area (Å²) in [4.78, 5) is 13.9. The number of hydrogen-bond donors (Lipinski definition) is 2. The Bertz CT molecular complexity index is 458. The highest BCUT2D eigenvalue weighted by Gasteiger charge is 2.30. The van der Waals surface area contributed by atoms with Gasteiger partial charge < -0.3 is 10.4 Å². The van der Waals surface area contributed by atoms with E-state index in [0.717, 1.165) is 30.5 Å². The van der Waals surface area contributed by atoms with Crippen LogP contribution >= 0.6 is 0 Å². The monoisotopic (exact) mass is 276 g/mol. The van der Waals surface area contributed by atoms with E-state index in [4.69, 9.17) is 0 Å². The molecule has 0 bridgehead atoms. The maximum Gasteiger partial charge on any atom is 0.238 e. The average Bonchev–Trinajstić information content (AvgIpc) is 3.23. The number of aliphatic hydroxyl groups excluding tert-OH is 1. The number of likely N-dealkylation sites (N-methyl/N-ethyl adjacent to an activating group) is 1. The Hall–Kier alpha value is -1.39. The van der Waals surface area contributed by atoms with Gasteiger partial charge in [-0.3, -0.25) is 9.69 Å². The van der Waals surface area contributed by atoms with Crippen molar-refractivity contribution >= 4 is 11.6 Å². The van der Waals surface area contributed by atoms with Crippen LogP contribution in [0.5, 0.6) is 0 Å². The lowest BCUT2D eigenvalue weighted by Crippen LogP contribution is -2.36. The third-order valence-corrected chi connectivity index (χ3v) is 3.75. The van der Waals surface area contributed by atoms with Gasteiger partial charge in [-0.25, -0.2) is 0 Å². The molecule has 0 spiro atoms. The van der Waals surface area contributed by atoms with Crippen molar-refractivity contribution in [3.05, 3.63) is 29.8 Å². The zero-order chi connectivity index (χ0) is 14.5. The minimum Gasteiger partial charge on any atom is -0.392 e. The summed E-state index contributed by atoms with van der Waals surface area (Å²) in [7, 11) is 1.87. The first-order valence-corrected chi connectivity index (χ1v) is 7.34. The molecule has 1 atom stereocenters. The van der Waals surface area contributed by atoms with Crippen molar-refractivity contribution in [3.63, 3.8) is 0 Å². The summed E-state index contributed by atoms with van der Waals surface area (Å²) >= 11 is 0. The van der Waals surface area contributed by atoms with E-state index in [1.54, 1.807) is 0 Å². The Labute approximate surface area is 120 Å². The van der Waals surface area contributed by atoms with Crippen LogP contribution in [0.2, 0.25) is 0 Å². The van der Waals surface area contributed by atoms with Crippen LogP contribution in [0.3, 0.4) is 0 Å². The molecule has 4 nitrogen and oxygen atoms in total. The molecule has 0 saturated heterocycles. The number of amides is 1. The third-order valence-electron chi connectivity index (χ3n) is 3.75. The van der Waals surface area contributed by atoms with Crippen molar-refractivity contribution < 1.29 is 9.90 Å². The lowest BCUT2D eigenvalue weighted by atomic mass is 10.1. The van der Waals surface area contributed by atoms with Gasteiger partial charge in [-0.2, -0.15) is 0 Å². The minimum atomic E-state index is -0.296. The molecule has 0 aromatic heterocycles. The van der Waals surface area contributed by atoms with Gasteiger partial charge in [0.1, 0.15) is 0 Å². The summed E-state index contributed by atoms with van der Waals surface area (Å²) in [5, 5.41) is 12.8. The largest absolute Gasteiger partial charge is 0.392 e. The number of benzene rings is 1. The smallest absolute Gasteiger partial charge is 0.238 e. The Balaban J connectivity index is 1.82. The van der Waals surface area contributed by atoms with Gasteiger partial charge in [0.2, 0.25) is 5.91 Å². The van der Waals surface area contributed by atoms with E-state index in [2.05, 4.69) is 12.2 Å². The number of carbonyl (C=O) groups excluding carboxylic acids is 1. The first kappa shape index (κ1) is 15.0. The van der Waals surface area contributed by atoms with Gasteiger partial charge in [-0.1, -0.05) is 25.1 Å². The second kappa shape index (κ2) is 6.86. The van der Waals surface area contributed by atoms with Crippen LogP contribution in [0.4, 0.5) is 5.69 Å². The van der Waals surface area contributed by atoms with Gasteiger partial charge in [-0.15, -0.1) is 0 Å². The number of rotatable bonds is 7. The summed E-state index contributed by atoms with van der Waals surface area (Å²) in [5.74, 6) is 0.415. The molecule has 1 amide bonds. The first-order valence-electron chi connectivity index (χ1n) is 7.34. The van der Waals surface area contributed by atoms with Gasteiger partial charge in [-0.05, 0) is 43.9 Å². The van der Waals surface area contributed by atoms with E-state index < -0.39 is 0 Å². The summed E-state index contributed by atoms with van der Waals surface area (Å²) in [5.41, 5.74) is 2.03. The van der Waals surface area contributed by atoms with Gasteiger partial charge in [0, 0.05) is 12.2 Å². The van der Waals surface area contributed by atoms with Crippen LogP contribution in [0.15, 0.2) is 24.3 Å². The molecule has 1 aliphatic rings. The van der Waals surface area contributed by atoms with Crippen molar-refractivity contribution in [2.75, 3.05) is 25.5 Å². The van der Waals surface area contributed by atoms with Crippen LogP contribution in [0, 0.1) is 5.92 Å². The molecule has 1 saturated carbocycles. The van der Waals surface area contributed by atoms with Crippen LogP contribution < -0.4 is 5.32 Å². The van der Waals surface area contributed by atoms with Crippen molar-refractivity contribution in [1.29, 1.82) is 0 Å². The van der Waals surface area contributed by atoms with Crippen molar-refractivity contribution in [1.82, 2.24) is 4.90 Å². The summed E-state index contributed by atoms with van der Waals surface area (Å²) < 4.78 is 0. The van der Waals surface area contributed by atoms with Gasteiger partial charge in [0.05, 0.1) is 12.6 Å². The quantitative estimate of drug-likeness (QED) is 0.799. The number of nitrogens with zero attached hydrogens (tertiary/aromatic N) is 1. The normalized spacial score (nSPS) is 16.2. The van der Waals surface area contributed by atoms with E-state index in [1.165, 1.54) is 0 Å². The zero-order valence-electron chi connectivity index (χ0n) is 12.3. The molecular formula is C16H24N2O2. The fourth-order valence-electron chi connectivity index (χ4n) is 2.40. The Morgan fingerprint density at radius 2 is 2.15 bits per heavy atom. The van der Waals surface area contributed by atoms with Crippen LogP contribution in [-0.4, -0.2) is 42.2 Å². The predicted molar refractivity (Wildman–Crippen MR) is 80.7 cm³/mol. The number of hydrogen-bond acceptors (Lipinski definition) is 3. The van der Waals surface area contributed by atoms with Crippen LogP contribution in [-0.2, 0) is 11.2 Å². The molecule has 2 rings (SSSR count). The third kappa shape index (κ3) is 4.32. The molecule has 1 aliphatic carbocycles. The van der Waals surface area contributed by atoms with Crippen molar-refractivity contribution in [2.24, 2.45) is 5.92 Å². The number of nitrogens with one attached hydrogen (secondary N) is 1. The van der Waals surface area contributed by atoms with Crippen LogP contribution in [0.1, 0.15) is 25.3 Å². The molecule has 2 N–H and O–H groups in total. The van der Waals surface area contributed by atoms with E-state index in [-0.39, 0.29) is 12.0 Å². The first-order chi connectivity index (χ1) is 9.60. The minimum absolute atomic E-state index is 0.0311. The molecule has 1 fully saturated rings. The molecule has 20 heavy (non-hydrogen) atoms. The molecular weight excluding hydrogens is 252 g/mol. The standard InChI is InChI=1S/C16H24N2O2/c1-3-12-6-4-5-7-14(12)17-16(20)11-18(2)10-15(19)13-8-9-13/h4-7,13,15,19H,3,8-11H2,1-2H3,(H,17,20). The highest BCUT2D eigenvalue weighted by molar-refractivity contribution is 5.92. The van der Waals surface area contributed by atoms with Crippen molar-refractivity contribution in [3.8, 4) is 0 Å². The second-order valence-corrected chi connectivity index (χ2v) is 5.66. The number of anilines is 1. The maximum absolute atomic E-state index is 12.0. The van der Waals surface area contributed by atoms with Gasteiger partial charge in [0.25, 0.3) is 0 Å². The van der Waals surface area contributed by atoms with E-state index in [1.807, 2.05) is 36.2 Å². The Kier molecular flexibility index (Phi) is 5.15. The molecule has 4 heteroatoms. The molecule has 1 aromatic carbocycles. The summed E-state index contributed by atoms with van der Waals surface area (Å²) in [6.07, 6.45) is 2.83. The van der Waals surface area contributed by atoms with E-state index >= 15 is 0 Å². The number of para-hydroxylation sites is 1. The zero-order valence-corrected chi connectivity index (χ0v) is 12.3. The molecule has 1 aromatic rings. The highest BCUT2D eigenvalue weighted by Crippen LogP contribution is 2.32. The number of aliphatic hydroxyl groups is 1. The molecule has 1 unspecified atom stereocenters. The predicted octanol–water partition coefficient (Wildman–Crippen LogP) is 1.89. The fourth-order valence-corrected chi connectivity index (χ4v) is 2.40. The lowest BCUT2D eigenvalue weighted by Gasteiger charge is -2.20. The molecule has 0 aliphatic heterocycles. The van der Waals surface area contributed by atoms with E-state index in [9.17, 15) is 9.90 Å². The maximum atomic E-state index is 12.0. The number of aryl methyl sites for hydroxylation is 1. The average molecular weight is 276 g/mol. The van der Waals surface area contributed by atoms with Gasteiger partial charge in [0.15, 0.2) is 0 Å². The molecule has 110 valence electrons. The Morgan fingerprint density at radius 3 is 2.80 bits per heavy atom. The molecule has 0 heterocycles. The summed E-state index contributed by atoms with van der Waals surface area (Å²) in [6, 6.07) is 7.86. The van der Waals surface area contributed by atoms with Gasteiger partial charge >= 0.3 is 0 Å². The van der Waals surface area contributed by atoms with Crippen LogP contribution in [0.25, 0.3) is 0 Å². The topological polar surface area (TPSA) is 52.6 Å². The lowest BCUT2D eigenvalue weighted by molar-refractivity contribution is -0.117. The molecule has 0 radical (unpaired) electrons. The second-order valence-electron chi connectivity index (χ2n) is 5.66. The fraction of sp³-hybridized carbons (Fsp3) is 0.562.